The molecule has 0 amide bonds. The van der Waals surface area contributed by atoms with Crippen molar-refractivity contribution in [1.82, 2.24) is 15.2 Å². The van der Waals surface area contributed by atoms with Crippen molar-refractivity contribution in [2.75, 3.05) is 0 Å². The maximum absolute atomic E-state index is 5.80. The van der Waals surface area contributed by atoms with Gasteiger partial charge in [-0.25, -0.2) is 4.98 Å². The van der Waals surface area contributed by atoms with Gasteiger partial charge in [-0.05, 0) is 30.3 Å². The number of rotatable bonds is 2. The summed E-state index contributed by atoms with van der Waals surface area (Å²) in [6.07, 6.45) is 1.72. The van der Waals surface area contributed by atoms with Crippen LogP contribution in [0.4, 0.5) is 0 Å². The number of pyridine rings is 1. The first-order valence-corrected chi connectivity index (χ1v) is 5.44. The molecule has 4 nitrogen and oxygen atoms in total. The van der Waals surface area contributed by atoms with Crippen LogP contribution in [0.15, 0.2) is 26.8 Å². The van der Waals surface area contributed by atoms with Crippen LogP contribution in [0.2, 0.25) is 5.15 Å². The van der Waals surface area contributed by atoms with Crippen LogP contribution in [0, 0.1) is 13.8 Å². The van der Waals surface area contributed by atoms with Gasteiger partial charge in [-0.2, -0.15) is 0 Å². The lowest BCUT2D eigenvalue weighted by Gasteiger charge is -2.01. The van der Waals surface area contributed by atoms with Gasteiger partial charge in [0.15, 0.2) is 0 Å². The molecule has 2 aromatic rings. The Morgan fingerprint density at radius 2 is 2.13 bits per heavy atom. The first-order chi connectivity index (χ1) is 7.15. The predicted octanol–water partition coefficient (Wildman–Crippen LogP) is 2.89. The summed E-state index contributed by atoms with van der Waals surface area (Å²) in [4.78, 5) is 4.94. The topological polar surface area (TPSA) is 51.8 Å². The Bertz CT molecular complexity index is 486. The Kier molecular flexibility index (Phi) is 2.93. The van der Waals surface area contributed by atoms with E-state index in [0.29, 0.717) is 16.3 Å². The van der Waals surface area contributed by atoms with Crippen LogP contribution < -0.4 is 0 Å². The normalized spacial score (nSPS) is 10.6. The number of nitrogens with zero attached hydrogens (tertiary/aromatic N) is 3. The summed E-state index contributed by atoms with van der Waals surface area (Å²) in [5.41, 5.74) is 1.03. The minimum absolute atomic E-state index is 0.458. The zero-order valence-corrected chi connectivity index (χ0v) is 9.76. The first kappa shape index (κ1) is 10.4. The highest BCUT2D eigenvalue weighted by molar-refractivity contribution is 7.99. The minimum Gasteiger partial charge on any atom is -0.416 e. The third-order valence-corrected chi connectivity index (χ3v) is 2.93. The van der Waals surface area contributed by atoms with E-state index in [1.807, 2.05) is 6.92 Å². The van der Waals surface area contributed by atoms with Crippen LogP contribution in [-0.4, -0.2) is 15.2 Å². The average Bonchev–Trinajstić information content (AvgIpc) is 2.58. The van der Waals surface area contributed by atoms with E-state index in [2.05, 4.69) is 15.2 Å². The summed E-state index contributed by atoms with van der Waals surface area (Å²) >= 11 is 7.18. The number of halogens is 1. The van der Waals surface area contributed by atoms with Crippen LogP contribution in [0.5, 0.6) is 0 Å². The quantitative estimate of drug-likeness (QED) is 0.757. The second-order valence-corrected chi connectivity index (χ2v) is 4.34. The van der Waals surface area contributed by atoms with Gasteiger partial charge in [-0.15, -0.1) is 10.2 Å². The Labute approximate surface area is 96.1 Å². The maximum Gasteiger partial charge on any atom is 0.281 e. The highest BCUT2D eigenvalue weighted by Gasteiger charge is 2.08. The lowest BCUT2D eigenvalue weighted by Crippen LogP contribution is -1.83. The molecule has 0 fully saturated rings. The Morgan fingerprint density at radius 1 is 1.33 bits per heavy atom. The van der Waals surface area contributed by atoms with Crippen LogP contribution in [-0.2, 0) is 0 Å². The van der Waals surface area contributed by atoms with Gasteiger partial charge in [0.25, 0.3) is 5.22 Å². The van der Waals surface area contributed by atoms with Gasteiger partial charge in [0, 0.05) is 18.0 Å². The number of hydrogen-bond acceptors (Lipinski definition) is 5. The summed E-state index contributed by atoms with van der Waals surface area (Å²) in [5.74, 6) is 0.551. The standard InChI is InChI=1S/C9H8ClN3OS/c1-5-4-11-8(10)3-7(5)15-9-13-12-6(2)14-9/h3-4H,1-2H3. The minimum atomic E-state index is 0.458. The van der Waals surface area contributed by atoms with Gasteiger partial charge in [0.05, 0.1) is 0 Å². The van der Waals surface area contributed by atoms with Crippen molar-refractivity contribution in [2.24, 2.45) is 0 Å². The zero-order valence-electron chi connectivity index (χ0n) is 8.19. The Morgan fingerprint density at radius 3 is 2.80 bits per heavy atom. The van der Waals surface area contributed by atoms with Crippen molar-refractivity contribution in [3.63, 3.8) is 0 Å². The lowest BCUT2D eigenvalue weighted by molar-refractivity contribution is 0.429. The molecule has 0 N–H and O–H groups in total. The molecule has 0 saturated carbocycles. The molecule has 2 rings (SSSR count). The fourth-order valence-corrected chi connectivity index (χ4v) is 2.04. The molecule has 78 valence electrons. The smallest absolute Gasteiger partial charge is 0.281 e. The van der Waals surface area contributed by atoms with Crippen molar-refractivity contribution in [1.29, 1.82) is 0 Å². The molecule has 0 aliphatic rings. The van der Waals surface area contributed by atoms with Crippen molar-refractivity contribution in [2.45, 2.75) is 24.0 Å². The van der Waals surface area contributed by atoms with Gasteiger partial charge in [-0.3, -0.25) is 0 Å². The molecule has 2 heterocycles. The maximum atomic E-state index is 5.80. The van der Waals surface area contributed by atoms with E-state index in [1.165, 1.54) is 11.8 Å². The zero-order chi connectivity index (χ0) is 10.8. The SMILES string of the molecule is Cc1nnc(Sc2cc(Cl)ncc2C)o1. The van der Waals surface area contributed by atoms with Crippen molar-refractivity contribution >= 4 is 23.4 Å². The van der Waals surface area contributed by atoms with Gasteiger partial charge >= 0.3 is 0 Å². The van der Waals surface area contributed by atoms with E-state index in [9.17, 15) is 0 Å². The fraction of sp³-hybridized carbons (Fsp3) is 0.222. The second kappa shape index (κ2) is 4.20. The number of aromatic nitrogens is 3. The highest BCUT2D eigenvalue weighted by Crippen LogP contribution is 2.30. The van der Waals surface area contributed by atoms with Crippen molar-refractivity contribution < 1.29 is 4.42 Å². The summed E-state index contributed by atoms with van der Waals surface area (Å²) in [5, 5.41) is 8.61. The molecule has 0 unspecified atom stereocenters. The molecule has 0 spiro atoms. The number of hydrogen-bond donors (Lipinski definition) is 0. The van der Waals surface area contributed by atoms with Gasteiger partial charge < -0.3 is 4.42 Å². The van der Waals surface area contributed by atoms with Crippen LogP contribution in [0.3, 0.4) is 0 Å². The molecular weight excluding hydrogens is 234 g/mol. The highest BCUT2D eigenvalue weighted by atomic mass is 35.5. The summed E-state index contributed by atoms with van der Waals surface area (Å²) in [6, 6.07) is 1.78. The van der Waals surface area contributed by atoms with Crippen LogP contribution in [0.25, 0.3) is 0 Å². The summed E-state index contributed by atoms with van der Waals surface area (Å²) < 4.78 is 5.26. The van der Waals surface area contributed by atoms with E-state index in [4.69, 9.17) is 16.0 Å². The van der Waals surface area contributed by atoms with E-state index in [1.54, 1.807) is 19.2 Å². The third-order valence-electron chi connectivity index (χ3n) is 1.73. The van der Waals surface area contributed by atoms with Gasteiger partial charge in [0.2, 0.25) is 5.89 Å². The van der Waals surface area contributed by atoms with Crippen molar-refractivity contribution in [3.8, 4) is 0 Å². The predicted molar refractivity (Wildman–Crippen MR) is 57.1 cm³/mol. The van der Waals surface area contributed by atoms with Gasteiger partial charge in [-0.1, -0.05) is 11.6 Å². The van der Waals surface area contributed by atoms with E-state index < -0.39 is 0 Å². The van der Waals surface area contributed by atoms with Gasteiger partial charge in [0.1, 0.15) is 5.15 Å². The summed E-state index contributed by atoms with van der Waals surface area (Å²) in [6.45, 7) is 3.71. The van der Waals surface area contributed by atoms with E-state index >= 15 is 0 Å². The molecule has 6 heteroatoms. The average molecular weight is 242 g/mol. The molecule has 2 aromatic heterocycles. The summed E-state index contributed by atoms with van der Waals surface area (Å²) in [7, 11) is 0. The van der Waals surface area contributed by atoms with Crippen LogP contribution in [0.1, 0.15) is 11.5 Å². The van der Waals surface area contributed by atoms with Crippen molar-refractivity contribution in [3.05, 3.63) is 28.9 Å². The molecular formula is C9H8ClN3OS. The van der Waals surface area contributed by atoms with E-state index in [0.717, 1.165) is 10.5 Å². The van der Waals surface area contributed by atoms with Crippen LogP contribution >= 0.6 is 23.4 Å². The molecule has 0 saturated heterocycles. The molecule has 0 atom stereocenters. The Balaban J connectivity index is 2.27. The molecule has 0 aliphatic heterocycles. The number of aryl methyl sites for hydroxylation is 2. The molecule has 0 radical (unpaired) electrons. The molecule has 0 bridgehead atoms. The second-order valence-electron chi connectivity index (χ2n) is 2.96. The first-order valence-electron chi connectivity index (χ1n) is 4.25. The monoisotopic (exact) mass is 241 g/mol. The lowest BCUT2D eigenvalue weighted by atomic mass is 10.3. The molecule has 15 heavy (non-hydrogen) atoms. The molecule has 0 aliphatic carbocycles. The Hall–Kier alpha value is -1.07. The third kappa shape index (κ3) is 2.49. The van der Waals surface area contributed by atoms with E-state index in [-0.39, 0.29) is 0 Å². The molecule has 0 aromatic carbocycles. The largest absolute Gasteiger partial charge is 0.416 e. The fourth-order valence-electron chi connectivity index (χ4n) is 1.01.